The zero-order chi connectivity index (χ0) is 11.6. The fourth-order valence-electron chi connectivity index (χ4n) is 2.52. The molecule has 1 aromatic heterocycles. The van der Waals surface area contributed by atoms with Crippen molar-refractivity contribution in [1.29, 1.82) is 0 Å². The van der Waals surface area contributed by atoms with Crippen LogP contribution in [0.2, 0.25) is 0 Å². The summed E-state index contributed by atoms with van der Waals surface area (Å²) in [4.78, 5) is 0.198. The fourth-order valence-corrected chi connectivity index (χ4v) is 2.71. The van der Waals surface area contributed by atoms with Crippen LogP contribution in [0.4, 0.5) is 0 Å². The lowest BCUT2D eigenvalue weighted by atomic mass is 9.83. The number of rotatable bonds is 4. The van der Waals surface area contributed by atoms with E-state index in [0.29, 0.717) is 0 Å². The van der Waals surface area contributed by atoms with Crippen LogP contribution in [-0.4, -0.2) is 10.2 Å². The van der Waals surface area contributed by atoms with E-state index in [1.54, 1.807) is 0 Å². The standard InChI is InChI=1S/C12H19BrN2O/c1-3-9(13)10-14-15-11(16-10)12(4-2)7-5-6-8-12/h9H,3-8H2,1-2H3. The van der Waals surface area contributed by atoms with Crippen LogP contribution in [0.3, 0.4) is 0 Å². The number of halogens is 1. The van der Waals surface area contributed by atoms with Crippen LogP contribution in [0.5, 0.6) is 0 Å². The van der Waals surface area contributed by atoms with Crippen LogP contribution in [0.1, 0.15) is 69.0 Å². The summed E-state index contributed by atoms with van der Waals surface area (Å²) >= 11 is 3.55. The molecular formula is C12H19BrN2O. The minimum Gasteiger partial charge on any atom is -0.423 e. The predicted molar refractivity (Wildman–Crippen MR) is 66.7 cm³/mol. The second-order valence-corrected chi connectivity index (χ2v) is 5.77. The zero-order valence-electron chi connectivity index (χ0n) is 10.0. The van der Waals surface area contributed by atoms with E-state index in [1.165, 1.54) is 25.7 Å². The number of alkyl halides is 1. The van der Waals surface area contributed by atoms with E-state index in [1.807, 2.05) is 0 Å². The molecule has 1 fully saturated rings. The summed E-state index contributed by atoms with van der Waals surface area (Å²) in [5.74, 6) is 1.60. The molecule has 1 atom stereocenters. The van der Waals surface area contributed by atoms with Gasteiger partial charge < -0.3 is 4.42 Å². The van der Waals surface area contributed by atoms with Gasteiger partial charge in [0, 0.05) is 5.41 Å². The highest BCUT2D eigenvalue weighted by Crippen LogP contribution is 2.43. The van der Waals surface area contributed by atoms with Crippen LogP contribution in [0.15, 0.2) is 4.42 Å². The second kappa shape index (κ2) is 4.86. The molecule has 2 rings (SSSR count). The van der Waals surface area contributed by atoms with E-state index in [-0.39, 0.29) is 10.2 Å². The molecule has 0 aromatic carbocycles. The number of aromatic nitrogens is 2. The Labute approximate surface area is 105 Å². The maximum Gasteiger partial charge on any atom is 0.230 e. The molecule has 4 heteroatoms. The summed E-state index contributed by atoms with van der Waals surface area (Å²) in [7, 11) is 0. The van der Waals surface area contributed by atoms with Crippen molar-refractivity contribution < 1.29 is 4.42 Å². The average Bonchev–Trinajstić information content (AvgIpc) is 2.96. The lowest BCUT2D eigenvalue weighted by Gasteiger charge is -2.22. The Hall–Kier alpha value is -0.380. The van der Waals surface area contributed by atoms with Crippen molar-refractivity contribution in [1.82, 2.24) is 10.2 Å². The third kappa shape index (κ3) is 2.04. The van der Waals surface area contributed by atoms with Crippen molar-refractivity contribution in [3.05, 3.63) is 11.8 Å². The summed E-state index contributed by atoms with van der Waals surface area (Å²) in [6.07, 6.45) is 7.05. The smallest absolute Gasteiger partial charge is 0.230 e. The molecule has 1 aliphatic rings. The van der Waals surface area contributed by atoms with Crippen LogP contribution < -0.4 is 0 Å². The lowest BCUT2D eigenvalue weighted by molar-refractivity contribution is 0.305. The van der Waals surface area contributed by atoms with Crippen molar-refractivity contribution in [2.24, 2.45) is 0 Å². The van der Waals surface area contributed by atoms with Gasteiger partial charge in [-0.3, -0.25) is 0 Å². The van der Waals surface area contributed by atoms with E-state index in [0.717, 1.165) is 24.6 Å². The van der Waals surface area contributed by atoms with Crippen LogP contribution in [-0.2, 0) is 5.41 Å². The van der Waals surface area contributed by atoms with E-state index < -0.39 is 0 Å². The molecule has 1 unspecified atom stereocenters. The maximum atomic E-state index is 5.85. The van der Waals surface area contributed by atoms with Gasteiger partial charge in [0.05, 0.1) is 4.83 Å². The van der Waals surface area contributed by atoms with Gasteiger partial charge in [0.15, 0.2) is 0 Å². The third-order valence-electron chi connectivity index (χ3n) is 3.76. The Morgan fingerprint density at radius 3 is 2.56 bits per heavy atom. The van der Waals surface area contributed by atoms with Crippen molar-refractivity contribution in [3.8, 4) is 0 Å². The molecule has 0 radical (unpaired) electrons. The van der Waals surface area contributed by atoms with E-state index >= 15 is 0 Å². The molecule has 0 spiro atoms. The van der Waals surface area contributed by atoms with E-state index in [9.17, 15) is 0 Å². The summed E-state index contributed by atoms with van der Waals surface area (Å²) < 4.78 is 5.85. The topological polar surface area (TPSA) is 38.9 Å². The number of hydrogen-bond acceptors (Lipinski definition) is 3. The van der Waals surface area contributed by atoms with Gasteiger partial charge in [-0.1, -0.05) is 42.6 Å². The van der Waals surface area contributed by atoms with Crippen molar-refractivity contribution in [2.45, 2.75) is 62.6 Å². The first-order valence-electron chi connectivity index (χ1n) is 6.20. The highest BCUT2D eigenvalue weighted by molar-refractivity contribution is 9.09. The van der Waals surface area contributed by atoms with Gasteiger partial charge >= 0.3 is 0 Å². The Balaban J connectivity index is 2.23. The Morgan fingerprint density at radius 1 is 1.31 bits per heavy atom. The molecular weight excluding hydrogens is 268 g/mol. The largest absolute Gasteiger partial charge is 0.423 e. The number of nitrogens with zero attached hydrogens (tertiary/aromatic N) is 2. The first-order chi connectivity index (χ1) is 7.72. The highest BCUT2D eigenvalue weighted by atomic mass is 79.9. The maximum absolute atomic E-state index is 5.85. The molecule has 1 aliphatic carbocycles. The molecule has 1 aromatic rings. The zero-order valence-corrected chi connectivity index (χ0v) is 11.6. The molecule has 16 heavy (non-hydrogen) atoms. The third-order valence-corrected chi connectivity index (χ3v) is 4.80. The molecule has 0 amide bonds. The second-order valence-electron chi connectivity index (χ2n) is 4.66. The van der Waals surface area contributed by atoms with E-state index in [4.69, 9.17) is 4.42 Å². The first kappa shape index (κ1) is 12.1. The molecule has 0 aliphatic heterocycles. The van der Waals surface area contributed by atoms with Gasteiger partial charge in [0.2, 0.25) is 11.8 Å². The Bertz CT molecular complexity index is 345. The minimum absolute atomic E-state index is 0.172. The molecule has 1 saturated carbocycles. The molecule has 3 nitrogen and oxygen atoms in total. The molecule has 0 saturated heterocycles. The Morgan fingerprint density at radius 2 is 2.00 bits per heavy atom. The van der Waals surface area contributed by atoms with Gasteiger partial charge in [-0.2, -0.15) is 0 Å². The lowest BCUT2D eigenvalue weighted by Crippen LogP contribution is -2.21. The van der Waals surface area contributed by atoms with Gasteiger partial charge in [-0.05, 0) is 25.7 Å². The van der Waals surface area contributed by atoms with Crippen LogP contribution in [0.25, 0.3) is 0 Å². The summed E-state index contributed by atoms with van der Waals surface area (Å²) in [5.41, 5.74) is 0.172. The predicted octanol–water partition coefficient (Wildman–Crippen LogP) is 4.14. The highest BCUT2D eigenvalue weighted by Gasteiger charge is 2.39. The molecule has 0 bridgehead atoms. The fraction of sp³-hybridized carbons (Fsp3) is 0.833. The van der Waals surface area contributed by atoms with Crippen LogP contribution >= 0.6 is 15.9 Å². The van der Waals surface area contributed by atoms with Gasteiger partial charge in [0.1, 0.15) is 0 Å². The molecule has 1 heterocycles. The quantitative estimate of drug-likeness (QED) is 0.781. The SMILES string of the molecule is CCC(Br)c1nnc(C2(CC)CCCC2)o1. The van der Waals surface area contributed by atoms with Gasteiger partial charge in [-0.25, -0.2) is 0 Å². The Kier molecular flexibility index (Phi) is 3.67. The van der Waals surface area contributed by atoms with Gasteiger partial charge in [0.25, 0.3) is 0 Å². The van der Waals surface area contributed by atoms with E-state index in [2.05, 4.69) is 40.0 Å². The summed E-state index contributed by atoms with van der Waals surface area (Å²) in [5, 5.41) is 8.42. The first-order valence-corrected chi connectivity index (χ1v) is 7.11. The van der Waals surface area contributed by atoms with Gasteiger partial charge in [-0.15, -0.1) is 10.2 Å². The number of hydrogen-bond donors (Lipinski definition) is 0. The summed E-state index contributed by atoms with van der Waals surface area (Å²) in [6, 6.07) is 0. The van der Waals surface area contributed by atoms with Crippen molar-refractivity contribution in [3.63, 3.8) is 0 Å². The monoisotopic (exact) mass is 286 g/mol. The summed E-state index contributed by atoms with van der Waals surface area (Å²) in [6.45, 7) is 4.33. The van der Waals surface area contributed by atoms with Crippen molar-refractivity contribution >= 4 is 15.9 Å². The average molecular weight is 287 g/mol. The van der Waals surface area contributed by atoms with Crippen LogP contribution in [0, 0.1) is 0 Å². The van der Waals surface area contributed by atoms with Crippen molar-refractivity contribution in [2.75, 3.05) is 0 Å². The minimum atomic E-state index is 0.172. The molecule has 90 valence electrons. The molecule has 0 N–H and O–H groups in total. The normalized spacial score (nSPS) is 21.2.